The van der Waals surface area contributed by atoms with Crippen LogP contribution in [0.25, 0.3) is 11.0 Å². The number of rotatable bonds is 12. The van der Waals surface area contributed by atoms with Gasteiger partial charge in [-0.25, -0.2) is 21.6 Å². The number of hydrogen-bond acceptors (Lipinski definition) is 17. The third-order valence-electron chi connectivity index (χ3n) is 17.1. The number of nitrogens with zero attached hydrogens (tertiary/aromatic N) is 7. The third kappa shape index (κ3) is 9.75. The monoisotopic (exact) mass is 1090 g/mol. The number of piperidine rings is 1. The number of fused-ring (bicyclic) bond motifs is 4. The van der Waals surface area contributed by atoms with Crippen LogP contribution in [-0.2, 0) is 29.5 Å². The molecule has 2 aromatic heterocycles. The van der Waals surface area contributed by atoms with Gasteiger partial charge in [0.05, 0.1) is 64.3 Å². The molecule has 410 valence electrons. The number of aromatic amines is 1. The van der Waals surface area contributed by atoms with E-state index in [4.69, 9.17) is 23.9 Å². The van der Waals surface area contributed by atoms with E-state index in [0.717, 1.165) is 69.1 Å². The van der Waals surface area contributed by atoms with Crippen LogP contribution in [0, 0.1) is 22.5 Å². The van der Waals surface area contributed by atoms with E-state index in [9.17, 15) is 31.7 Å². The van der Waals surface area contributed by atoms with Gasteiger partial charge in [-0.15, -0.1) is 0 Å². The number of amides is 1. The first-order chi connectivity index (χ1) is 37.0. The number of ether oxygens (including phenoxy) is 4. The number of piperazine rings is 1. The second-order valence-electron chi connectivity index (χ2n) is 22.1. The number of nitro groups is 1. The van der Waals surface area contributed by atoms with Crippen LogP contribution in [0.5, 0.6) is 11.6 Å². The number of nitrogens with one attached hydrogen (secondary N) is 3. The summed E-state index contributed by atoms with van der Waals surface area (Å²) in [5.41, 5.74) is 5.00. The zero-order chi connectivity index (χ0) is 53.4. The van der Waals surface area contributed by atoms with Gasteiger partial charge >= 0.3 is 0 Å². The van der Waals surface area contributed by atoms with Crippen LogP contribution in [0.3, 0.4) is 0 Å². The molecule has 1 saturated carbocycles. The number of pyridine rings is 1. The number of H-pyrrole nitrogens is 1. The standard InChI is InChI=1S/C54H66N10O11S2/c1-34(2)77(70,71)61-19-17-59(18-20-61)30-37-31-74-48-27-40(26-45(64(66)67)50(48)56-37)76(68,69)58-52(65)42-9-8-38(25-44(42)63-43-11-22-72-33-49(43)75-53-46(63)24-36-10-14-55-51(36)57-53)60-15-12-54(13-16-60)28-39(29-54)62-21-23-73-32-47(62)41-7-5-4-6-35(41)3/h4-10,14,24-27,34,37,39,43,47,49,56H,11-13,15-23,28-33H2,1-3H3,(H,55,57)(H,58,65)/t37-,43-,47-,49-/m0/s1. The van der Waals surface area contributed by atoms with Crippen molar-refractivity contribution < 1.29 is 45.5 Å². The van der Waals surface area contributed by atoms with E-state index in [2.05, 4.69) is 65.8 Å². The molecule has 3 N–H and O–H groups in total. The lowest BCUT2D eigenvalue weighted by Crippen LogP contribution is -2.58. The van der Waals surface area contributed by atoms with Crippen LogP contribution < -0.4 is 29.3 Å². The van der Waals surface area contributed by atoms with Gasteiger partial charge in [-0.1, -0.05) is 24.3 Å². The summed E-state index contributed by atoms with van der Waals surface area (Å²) in [5.74, 6) is -0.629. The van der Waals surface area contributed by atoms with Crippen molar-refractivity contribution >= 4 is 65.4 Å². The van der Waals surface area contributed by atoms with E-state index in [1.807, 2.05) is 24.3 Å². The minimum Gasteiger partial charge on any atom is -0.489 e. The predicted molar refractivity (Wildman–Crippen MR) is 289 cm³/mol. The molecule has 4 atom stereocenters. The highest BCUT2D eigenvalue weighted by atomic mass is 32.2. The normalized spacial score (nSPS) is 24.3. The summed E-state index contributed by atoms with van der Waals surface area (Å²) < 4.78 is 82.6. The number of carbonyl (C=O) groups excluding carboxylic acids is 1. The maximum atomic E-state index is 14.9. The number of anilines is 4. The zero-order valence-corrected chi connectivity index (χ0v) is 45.2. The summed E-state index contributed by atoms with van der Waals surface area (Å²) in [7, 11) is -8.16. The van der Waals surface area contributed by atoms with E-state index in [1.54, 1.807) is 26.1 Å². The molecule has 0 radical (unpaired) electrons. The van der Waals surface area contributed by atoms with Crippen LogP contribution in [0.15, 0.2) is 77.8 Å². The van der Waals surface area contributed by atoms with Crippen molar-refractivity contribution in [2.45, 2.75) is 93.3 Å². The Labute approximate surface area is 448 Å². The van der Waals surface area contributed by atoms with Gasteiger partial charge in [0.2, 0.25) is 15.9 Å². The number of aromatic nitrogens is 2. The van der Waals surface area contributed by atoms with Crippen LogP contribution >= 0.6 is 0 Å². The summed E-state index contributed by atoms with van der Waals surface area (Å²) in [6.07, 6.45) is 6.16. The van der Waals surface area contributed by atoms with Crippen LogP contribution in [0.2, 0.25) is 0 Å². The molecular formula is C54H66N10O11S2. The molecule has 23 heteroatoms. The Hall–Kier alpha value is -6.08. The molecule has 1 aliphatic carbocycles. The molecule has 21 nitrogen and oxygen atoms in total. The topological polar surface area (TPSA) is 234 Å². The van der Waals surface area contributed by atoms with Gasteiger partial charge in [0.15, 0.2) is 11.4 Å². The molecule has 0 bridgehead atoms. The molecule has 4 saturated heterocycles. The Balaban J connectivity index is 0.806. The fourth-order valence-corrected chi connectivity index (χ4v) is 15.1. The molecule has 5 aromatic rings. The number of nitro benzene ring substituents is 1. The quantitative estimate of drug-likeness (QED) is 0.0969. The predicted octanol–water partition coefficient (Wildman–Crippen LogP) is 5.94. The summed E-state index contributed by atoms with van der Waals surface area (Å²) in [5, 5.41) is 16.1. The number of sulfonamides is 2. The third-order valence-corrected chi connectivity index (χ3v) is 20.7. The molecule has 1 spiro atoms. The Kier molecular flexibility index (Phi) is 13.6. The lowest BCUT2D eigenvalue weighted by molar-refractivity contribution is -0.384. The average molecular weight is 1100 g/mol. The molecule has 5 fully saturated rings. The van der Waals surface area contributed by atoms with Crippen LogP contribution in [0.1, 0.15) is 73.5 Å². The number of carbonyl (C=O) groups is 1. The summed E-state index contributed by atoms with van der Waals surface area (Å²) in [4.78, 5) is 43.5. The Morgan fingerprint density at radius 3 is 2.45 bits per heavy atom. The summed E-state index contributed by atoms with van der Waals surface area (Å²) in [6, 6.07) is 20.1. The highest BCUT2D eigenvalue weighted by Gasteiger charge is 2.50. The lowest BCUT2D eigenvalue weighted by atomic mass is 9.59. The van der Waals surface area contributed by atoms with Crippen LogP contribution in [-0.4, -0.2) is 167 Å². The average Bonchev–Trinajstić information content (AvgIpc) is 3.94. The van der Waals surface area contributed by atoms with Gasteiger partial charge in [-0.05, 0) is 99.7 Å². The van der Waals surface area contributed by atoms with Gasteiger partial charge in [0.1, 0.15) is 24.0 Å². The fourth-order valence-electron chi connectivity index (χ4n) is 12.8. The molecule has 1 amide bonds. The first-order valence-electron chi connectivity index (χ1n) is 26.8. The highest BCUT2D eigenvalue weighted by molar-refractivity contribution is 7.90. The van der Waals surface area contributed by atoms with Gasteiger partial charge in [0, 0.05) is 94.4 Å². The summed E-state index contributed by atoms with van der Waals surface area (Å²) in [6.45, 7) is 12.2. The number of aryl methyl sites for hydroxylation is 1. The number of morpholine rings is 1. The summed E-state index contributed by atoms with van der Waals surface area (Å²) >= 11 is 0. The van der Waals surface area contributed by atoms with Crippen LogP contribution in [0.4, 0.5) is 28.4 Å². The molecule has 8 heterocycles. The van der Waals surface area contributed by atoms with E-state index in [1.165, 1.54) is 21.5 Å². The molecular weight excluding hydrogens is 1030 g/mol. The molecule has 3 aromatic carbocycles. The van der Waals surface area contributed by atoms with Gasteiger partial charge in [-0.2, -0.15) is 9.29 Å². The lowest BCUT2D eigenvalue weighted by Gasteiger charge is -2.57. The number of hydrogen-bond donors (Lipinski definition) is 3. The number of benzene rings is 3. The largest absolute Gasteiger partial charge is 0.489 e. The Morgan fingerprint density at radius 2 is 1.69 bits per heavy atom. The minimum atomic E-state index is -4.76. The first kappa shape index (κ1) is 51.7. The SMILES string of the molecule is Cc1ccccc1[C@@H]1COCCN1C1CC2(CCN(c3ccc(C(=O)NS(=O)(=O)c4cc5c(c([N+](=O)[O-])c4)N[C@@H](CN4CCN(S(=O)(=O)C(C)C)CC4)CO5)c(N4c5cc6cc[nH]c6nc5O[C@H]5COCC[C@@H]54)c3)CC2)C1. The van der Waals surface area contributed by atoms with E-state index in [-0.39, 0.29) is 47.7 Å². The van der Waals surface area contributed by atoms with Crippen molar-refractivity contribution in [3.63, 3.8) is 0 Å². The molecule has 77 heavy (non-hydrogen) atoms. The maximum absolute atomic E-state index is 14.9. The molecule has 12 rings (SSSR count). The van der Waals surface area contributed by atoms with Gasteiger partial charge < -0.3 is 39.0 Å². The van der Waals surface area contributed by atoms with Gasteiger partial charge in [-0.3, -0.25) is 24.7 Å². The van der Waals surface area contributed by atoms with Crippen molar-refractivity contribution in [3.8, 4) is 11.6 Å². The van der Waals surface area contributed by atoms with Crippen molar-refractivity contribution in [2.75, 3.05) is 101 Å². The smallest absolute Gasteiger partial charge is 0.297 e. The van der Waals surface area contributed by atoms with E-state index < -0.39 is 58.9 Å². The highest BCUT2D eigenvalue weighted by Crippen LogP contribution is 2.54. The molecule has 6 aliphatic heterocycles. The van der Waals surface area contributed by atoms with Crippen molar-refractivity contribution in [3.05, 3.63) is 99.7 Å². The fraction of sp³-hybridized carbons (Fsp3) is 0.519. The Morgan fingerprint density at radius 1 is 0.909 bits per heavy atom. The first-order valence-corrected chi connectivity index (χ1v) is 29.8. The van der Waals surface area contributed by atoms with Crippen molar-refractivity contribution in [1.29, 1.82) is 0 Å². The Bertz CT molecular complexity index is 3320. The zero-order valence-electron chi connectivity index (χ0n) is 43.6. The van der Waals surface area contributed by atoms with Gasteiger partial charge in [0.25, 0.3) is 21.6 Å². The van der Waals surface area contributed by atoms with E-state index >= 15 is 0 Å². The maximum Gasteiger partial charge on any atom is 0.297 e. The van der Waals surface area contributed by atoms with E-state index in [0.29, 0.717) is 81.3 Å². The minimum absolute atomic E-state index is 0.0159. The molecule has 0 unspecified atom stereocenters. The second-order valence-corrected chi connectivity index (χ2v) is 26.2. The van der Waals surface area contributed by atoms with Crippen molar-refractivity contribution in [2.24, 2.45) is 5.41 Å². The molecule has 7 aliphatic rings. The van der Waals surface area contributed by atoms with Crippen molar-refractivity contribution in [1.82, 2.24) is 28.8 Å². The second kappa shape index (κ2) is 20.3.